The van der Waals surface area contributed by atoms with Crippen LogP contribution in [0, 0.1) is 0 Å². The molecule has 0 fully saturated rings. The fraction of sp³-hybridized carbons (Fsp3) is 0.150. The summed E-state index contributed by atoms with van der Waals surface area (Å²) in [5.74, 6) is 1.39. The van der Waals surface area contributed by atoms with E-state index in [2.05, 4.69) is 15.3 Å². The Hall–Kier alpha value is -2.33. The largest absolute Gasteiger partial charge is 0.493 e. The molecule has 0 radical (unpaired) electrons. The summed E-state index contributed by atoms with van der Waals surface area (Å²) in [7, 11) is 3.18. The molecule has 0 aliphatic carbocycles. The number of carbonyl (C=O) groups excluding carboxylic acids is 1. The molecule has 0 aliphatic heterocycles. The highest BCUT2D eigenvalue weighted by Gasteiger charge is 2.12. The standard InChI is InChI=1S/C20H16ClN3O3S3/c1-26-15-5-3-11(7-16(15)27-2)14-9-28-19(22-14)24-18(25)10-29-20-23-13-8-12(21)4-6-17(13)30-20/h3-9H,10H2,1-2H3,(H,22,24,25). The summed E-state index contributed by atoms with van der Waals surface area (Å²) >= 11 is 10.3. The van der Waals surface area contributed by atoms with Crippen molar-refractivity contribution in [3.8, 4) is 22.8 Å². The topological polar surface area (TPSA) is 73.3 Å². The van der Waals surface area contributed by atoms with Crippen LogP contribution in [0.4, 0.5) is 5.13 Å². The van der Waals surface area contributed by atoms with Gasteiger partial charge in [-0.25, -0.2) is 9.97 Å². The third kappa shape index (κ3) is 4.70. The van der Waals surface area contributed by atoms with Crippen LogP contribution in [0.25, 0.3) is 21.5 Å². The Balaban J connectivity index is 1.38. The first-order chi connectivity index (χ1) is 14.6. The van der Waals surface area contributed by atoms with Gasteiger partial charge >= 0.3 is 0 Å². The van der Waals surface area contributed by atoms with Crippen LogP contribution in [0.1, 0.15) is 0 Å². The normalized spacial score (nSPS) is 10.9. The van der Waals surface area contributed by atoms with Gasteiger partial charge in [0, 0.05) is 16.0 Å². The van der Waals surface area contributed by atoms with Gasteiger partial charge in [-0.15, -0.1) is 22.7 Å². The lowest BCUT2D eigenvalue weighted by Crippen LogP contribution is -2.13. The summed E-state index contributed by atoms with van der Waals surface area (Å²) in [4.78, 5) is 21.4. The number of nitrogens with zero attached hydrogens (tertiary/aromatic N) is 2. The van der Waals surface area contributed by atoms with E-state index in [0.29, 0.717) is 21.7 Å². The number of ether oxygens (including phenoxy) is 2. The minimum absolute atomic E-state index is 0.134. The number of halogens is 1. The van der Waals surface area contributed by atoms with Gasteiger partial charge in [-0.05, 0) is 36.4 Å². The van der Waals surface area contributed by atoms with Crippen LogP contribution < -0.4 is 14.8 Å². The molecule has 0 atom stereocenters. The van der Waals surface area contributed by atoms with E-state index in [1.807, 2.05) is 41.8 Å². The number of rotatable bonds is 7. The number of nitrogens with one attached hydrogen (secondary N) is 1. The van der Waals surface area contributed by atoms with Crippen molar-refractivity contribution in [3.05, 3.63) is 46.8 Å². The van der Waals surface area contributed by atoms with E-state index in [1.54, 1.807) is 25.6 Å². The summed E-state index contributed by atoms with van der Waals surface area (Å²) < 4.78 is 12.5. The summed E-state index contributed by atoms with van der Waals surface area (Å²) in [5.41, 5.74) is 2.48. The fourth-order valence-corrected chi connectivity index (χ4v) is 5.43. The zero-order valence-corrected chi connectivity index (χ0v) is 19.2. The molecule has 154 valence electrons. The van der Waals surface area contributed by atoms with E-state index >= 15 is 0 Å². The Morgan fingerprint density at radius 1 is 1.13 bits per heavy atom. The zero-order valence-electron chi connectivity index (χ0n) is 16.0. The van der Waals surface area contributed by atoms with Crippen LogP contribution in [0.15, 0.2) is 46.1 Å². The maximum Gasteiger partial charge on any atom is 0.236 e. The van der Waals surface area contributed by atoms with Crippen molar-refractivity contribution in [2.24, 2.45) is 0 Å². The van der Waals surface area contributed by atoms with Gasteiger partial charge in [0.2, 0.25) is 5.91 Å². The molecule has 2 heterocycles. The maximum atomic E-state index is 12.3. The van der Waals surface area contributed by atoms with Crippen LogP contribution in [-0.2, 0) is 4.79 Å². The first-order valence-electron chi connectivity index (χ1n) is 8.72. The molecular weight excluding hydrogens is 462 g/mol. The second kappa shape index (κ2) is 9.22. The number of thioether (sulfide) groups is 1. The Morgan fingerprint density at radius 3 is 2.77 bits per heavy atom. The van der Waals surface area contributed by atoms with Gasteiger partial charge in [0.1, 0.15) is 0 Å². The Bertz CT molecular complexity index is 1210. The minimum Gasteiger partial charge on any atom is -0.493 e. The summed E-state index contributed by atoms with van der Waals surface area (Å²) in [5, 5.41) is 5.93. The van der Waals surface area contributed by atoms with Gasteiger partial charge in [0.15, 0.2) is 21.0 Å². The highest BCUT2D eigenvalue weighted by molar-refractivity contribution is 8.01. The quantitative estimate of drug-likeness (QED) is 0.338. The highest BCUT2D eigenvalue weighted by atomic mass is 35.5. The number of benzene rings is 2. The molecule has 2 aromatic heterocycles. The lowest BCUT2D eigenvalue weighted by Gasteiger charge is -2.08. The van der Waals surface area contributed by atoms with Gasteiger partial charge in [0.05, 0.1) is 35.9 Å². The van der Waals surface area contributed by atoms with E-state index < -0.39 is 0 Å². The number of anilines is 1. The minimum atomic E-state index is -0.134. The molecule has 0 unspecified atom stereocenters. The first kappa shape index (κ1) is 20.9. The van der Waals surface area contributed by atoms with E-state index in [-0.39, 0.29) is 11.7 Å². The van der Waals surface area contributed by atoms with Crippen molar-refractivity contribution in [1.29, 1.82) is 0 Å². The third-order valence-electron chi connectivity index (χ3n) is 4.09. The molecule has 1 amide bonds. The number of hydrogen-bond acceptors (Lipinski definition) is 8. The highest BCUT2D eigenvalue weighted by Crippen LogP contribution is 2.34. The lowest BCUT2D eigenvalue weighted by molar-refractivity contribution is -0.113. The number of hydrogen-bond donors (Lipinski definition) is 1. The average Bonchev–Trinajstić information content (AvgIpc) is 3.38. The lowest BCUT2D eigenvalue weighted by atomic mass is 10.1. The Labute approximate surface area is 190 Å². The molecule has 6 nitrogen and oxygen atoms in total. The molecule has 0 bridgehead atoms. The number of fused-ring (bicyclic) bond motifs is 1. The van der Waals surface area contributed by atoms with Crippen LogP contribution in [0.2, 0.25) is 5.02 Å². The smallest absolute Gasteiger partial charge is 0.236 e. The van der Waals surface area contributed by atoms with Crippen LogP contribution in [0.5, 0.6) is 11.5 Å². The molecule has 30 heavy (non-hydrogen) atoms. The Morgan fingerprint density at radius 2 is 1.97 bits per heavy atom. The van der Waals surface area contributed by atoms with E-state index in [9.17, 15) is 4.79 Å². The molecule has 4 rings (SSSR count). The van der Waals surface area contributed by atoms with Gasteiger partial charge in [-0.2, -0.15) is 0 Å². The van der Waals surface area contributed by atoms with Crippen LogP contribution in [-0.4, -0.2) is 35.8 Å². The molecule has 0 aliphatic rings. The van der Waals surface area contributed by atoms with Crippen molar-refractivity contribution in [3.63, 3.8) is 0 Å². The monoisotopic (exact) mass is 477 g/mol. The SMILES string of the molecule is COc1ccc(-c2csc(NC(=O)CSc3nc4cc(Cl)ccc4s3)n2)cc1OC. The number of thiazole rings is 2. The second-order valence-corrected chi connectivity index (χ2v) is 9.58. The van der Waals surface area contributed by atoms with E-state index in [4.69, 9.17) is 21.1 Å². The van der Waals surface area contributed by atoms with Gasteiger partial charge in [-0.3, -0.25) is 4.79 Å². The summed E-state index contributed by atoms with van der Waals surface area (Å²) in [6.07, 6.45) is 0. The van der Waals surface area contributed by atoms with Crippen molar-refractivity contribution in [1.82, 2.24) is 9.97 Å². The van der Waals surface area contributed by atoms with Crippen molar-refractivity contribution >= 4 is 67.3 Å². The fourth-order valence-electron chi connectivity index (χ4n) is 2.68. The molecular formula is C20H16ClN3O3S3. The molecule has 10 heteroatoms. The molecule has 0 saturated heterocycles. The predicted molar refractivity (Wildman–Crippen MR) is 125 cm³/mol. The van der Waals surface area contributed by atoms with Crippen molar-refractivity contribution in [2.75, 3.05) is 25.3 Å². The molecule has 0 spiro atoms. The predicted octanol–water partition coefficient (Wildman–Crippen LogP) is 5.82. The first-order valence-corrected chi connectivity index (χ1v) is 11.8. The average molecular weight is 478 g/mol. The maximum absolute atomic E-state index is 12.3. The van der Waals surface area contributed by atoms with Crippen LogP contribution in [0.3, 0.4) is 0 Å². The van der Waals surface area contributed by atoms with Crippen LogP contribution >= 0.6 is 46.0 Å². The second-order valence-electron chi connectivity index (χ2n) is 6.04. The number of methoxy groups -OCH3 is 2. The summed E-state index contributed by atoms with van der Waals surface area (Å²) in [6, 6.07) is 11.2. The molecule has 0 saturated carbocycles. The van der Waals surface area contributed by atoms with Gasteiger partial charge < -0.3 is 14.8 Å². The Kier molecular flexibility index (Phi) is 6.43. The van der Waals surface area contributed by atoms with E-state index in [0.717, 1.165) is 25.8 Å². The van der Waals surface area contributed by atoms with Crippen molar-refractivity contribution in [2.45, 2.75) is 4.34 Å². The van der Waals surface area contributed by atoms with Gasteiger partial charge in [0.25, 0.3) is 0 Å². The molecule has 2 aromatic carbocycles. The third-order valence-corrected chi connectivity index (χ3v) is 7.26. The number of carbonyl (C=O) groups is 1. The molecule has 4 aromatic rings. The van der Waals surface area contributed by atoms with Crippen molar-refractivity contribution < 1.29 is 14.3 Å². The van der Waals surface area contributed by atoms with E-state index in [1.165, 1.54) is 23.1 Å². The zero-order chi connectivity index (χ0) is 21.1. The number of amides is 1. The number of aromatic nitrogens is 2. The molecule has 1 N–H and O–H groups in total. The van der Waals surface area contributed by atoms with Gasteiger partial charge in [-0.1, -0.05) is 23.4 Å². The summed E-state index contributed by atoms with van der Waals surface area (Å²) in [6.45, 7) is 0.